The fourth-order valence-corrected chi connectivity index (χ4v) is 4.43. The normalized spacial score (nSPS) is 18.3. The number of rotatable bonds is 4. The van der Waals surface area contributed by atoms with Crippen molar-refractivity contribution in [3.8, 4) is 0 Å². The summed E-state index contributed by atoms with van der Waals surface area (Å²) in [6, 6.07) is 10.3. The van der Waals surface area contributed by atoms with Crippen molar-refractivity contribution in [2.45, 2.75) is 45.1 Å². The number of pyridine rings is 1. The minimum atomic E-state index is -0.524. The SMILES string of the molecule is Cc1cc(Nc2nc3cccc(NC4CCOCC4)n3n2)cc2c1C(C)(C)C(=O)N2. The van der Waals surface area contributed by atoms with Crippen LogP contribution in [0.3, 0.4) is 0 Å². The highest BCUT2D eigenvalue weighted by Crippen LogP contribution is 2.41. The molecule has 3 N–H and O–H groups in total. The van der Waals surface area contributed by atoms with Gasteiger partial charge in [-0.2, -0.15) is 9.50 Å². The van der Waals surface area contributed by atoms with Crippen LogP contribution in [-0.4, -0.2) is 39.8 Å². The van der Waals surface area contributed by atoms with Gasteiger partial charge >= 0.3 is 0 Å². The second-order valence-electron chi connectivity index (χ2n) is 8.57. The van der Waals surface area contributed by atoms with Crippen LogP contribution >= 0.6 is 0 Å². The lowest BCUT2D eigenvalue weighted by atomic mass is 9.83. The Morgan fingerprint density at radius 1 is 1.23 bits per heavy atom. The lowest BCUT2D eigenvalue weighted by molar-refractivity contribution is -0.119. The van der Waals surface area contributed by atoms with Gasteiger partial charge in [-0.05, 0) is 69.0 Å². The molecule has 2 aliphatic rings. The van der Waals surface area contributed by atoms with Gasteiger partial charge in [0.15, 0.2) is 5.65 Å². The molecule has 0 spiro atoms. The van der Waals surface area contributed by atoms with E-state index >= 15 is 0 Å². The fourth-order valence-electron chi connectivity index (χ4n) is 4.43. The second-order valence-corrected chi connectivity index (χ2v) is 8.57. The molecule has 1 saturated heterocycles. The molecule has 8 heteroatoms. The second kappa shape index (κ2) is 6.98. The number of hydrogen-bond donors (Lipinski definition) is 3. The van der Waals surface area contributed by atoms with Gasteiger partial charge in [-0.1, -0.05) is 6.07 Å². The zero-order valence-corrected chi connectivity index (χ0v) is 17.5. The van der Waals surface area contributed by atoms with Crippen molar-refractivity contribution < 1.29 is 9.53 Å². The first-order valence-corrected chi connectivity index (χ1v) is 10.4. The van der Waals surface area contributed by atoms with Crippen molar-refractivity contribution in [3.05, 3.63) is 41.5 Å². The van der Waals surface area contributed by atoms with Gasteiger partial charge in [0.25, 0.3) is 0 Å². The highest BCUT2D eigenvalue weighted by atomic mass is 16.5. The van der Waals surface area contributed by atoms with Gasteiger partial charge in [0.2, 0.25) is 11.9 Å². The highest BCUT2D eigenvalue weighted by molar-refractivity contribution is 6.06. The summed E-state index contributed by atoms with van der Waals surface area (Å²) in [6.07, 6.45) is 1.96. The average molecular weight is 406 g/mol. The number of aryl methyl sites for hydroxylation is 1. The summed E-state index contributed by atoms with van der Waals surface area (Å²) < 4.78 is 7.27. The molecule has 0 aliphatic carbocycles. The number of hydrogen-bond acceptors (Lipinski definition) is 6. The van der Waals surface area contributed by atoms with Gasteiger partial charge in [0.1, 0.15) is 5.82 Å². The molecule has 4 heterocycles. The number of fused-ring (bicyclic) bond motifs is 2. The summed E-state index contributed by atoms with van der Waals surface area (Å²) in [4.78, 5) is 16.9. The van der Waals surface area contributed by atoms with Gasteiger partial charge < -0.3 is 20.7 Å². The van der Waals surface area contributed by atoms with Crippen molar-refractivity contribution in [2.75, 3.05) is 29.2 Å². The smallest absolute Gasteiger partial charge is 0.247 e. The van der Waals surface area contributed by atoms with Crippen molar-refractivity contribution in [1.82, 2.24) is 14.6 Å². The number of carbonyl (C=O) groups excluding carboxylic acids is 1. The predicted octanol–water partition coefficient (Wildman–Crippen LogP) is 3.60. The van der Waals surface area contributed by atoms with E-state index in [4.69, 9.17) is 4.74 Å². The number of aromatic nitrogens is 3. The van der Waals surface area contributed by atoms with E-state index in [1.54, 1.807) is 0 Å². The van der Waals surface area contributed by atoms with E-state index < -0.39 is 5.41 Å². The van der Waals surface area contributed by atoms with Crippen molar-refractivity contribution >= 4 is 34.7 Å². The Morgan fingerprint density at radius 3 is 2.83 bits per heavy atom. The van der Waals surface area contributed by atoms with Crippen molar-refractivity contribution in [1.29, 1.82) is 0 Å². The Labute approximate surface area is 175 Å². The van der Waals surface area contributed by atoms with Crippen LogP contribution < -0.4 is 16.0 Å². The maximum Gasteiger partial charge on any atom is 0.247 e. The average Bonchev–Trinajstić information content (AvgIpc) is 3.21. The number of benzene rings is 1. The van der Waals surface area contributed by atoms with Crippen LogP contribution in [0.15, 0.2) is 30.3 Å². The molecule has 0 saturated carbocycles. The van der Waals surface area contributed by atoms with Gasteiger partial charge in [-0.25, -0.2) is 0 Å². The van der Waals surface area contributed by atoms with Crippen LogP contribution in [0.25, 0.3) is 5.65 Å². The quantitative estimate of drug-likeness (QED) is 0.613. The van der Waals surface area contributed by atoms with Gasteiger partial charge in [-0.3, -0.25) is 4.79 Å². The maximum atomic E-state index is 12.3. The first kappa shape index (κ1) is 18.9. The summed E-state index contributed by atoms with van der Waals surface area (Å²) >= 11 is 0. The van der Waals surface area contributed by atoms with E-state index in [0.717, 1.165) is 60.0 Å². The summed E-state index contributed by atoms with van der Waals surface area (Å²) in [5.41, 5.74) is 4.04. The molecular formula is C22H26N6O2. The number of nitrogens with zero attached hydrogens (tertiary/aromatic N) is 3. The third-order valence-electron chi connectivity index (χ3n) is 5.97. The minimum Gasteiger partial charge on any atom is -0.381 e. The van der Waals surface area contributed by atoms with Crippen LogP contribution in [0.1, 0.15) is 37.8 Å². The Balaban J connectivity index is 1.43. The molecule has 0 bridgehead atoms. The largest absolute Gasteiger partial charge is 0.381 e. The van der Waals surface area contributed by atoms with E-state index in [0.29, 0.717) is 12.0 Å². The maximum absolute atomic E-state index is 12.3. The number of ether oxygens (including phenoxy) is 1. The Bertz CT molecular complexity index is 1130. The summed E-state index contributed by atoms with van der Waals surface area (Å²) in [6.45, 7) is 7.49. The molecule has 1 amide bonds. The third kappa shape index (κ3) is 3.17. The molecular weight excluding hydrogens is 380 g/mol. The number of carbonyl (C=O) groups is 1. The Kier molecular flexibility index (Phi) is 4.39. The lowest BCUT2D eigenvalue weighted by Crippen LogP contribution is -2.28. The molecule has 1 aromatic carbocycles. The van der Waals surface area contributed by atoms with E-state index in [1.165, 1.54) is 0 Å². The number of nitrogens with one attached hydrogen (secondary N) is 3. The van der Waals surface area contributed by atoms with Crippen LogP contribution in [0.5, 0.6) is 0 Å². The van der Waals surface area contributed by atoms with Crippen LogP contribution in [0, 0.1) is 6.92 Å². The first-order valence-electron chi connectivity index (χ1n) is 10.4. The third-order valence-corrected chi connectivity index (χ3v) is 5.97. The fraction of sp³-hybridized carbons (Fsp3) is 0.409. The summed E-state index contributed by atoms with van der Waals surface area (Å²) in [5, 5.41) is 14.5. The topological polar surface area (TPSA) is 92.6 Å². The number of amides is 1. The van der Waals surface area contributed by atoms with E-state index in [1.807, 2.05) is 55.6 Å². The van der Waals surface area contributed by atoms with Crippen molar-refractivity contribution in [3.63, 3.8) is 0 Å². The van der Waals surface area contributed by atoms with E-state index in [-0.39, 0.29) is 5.91 Å². The molecule has 156 valence electrons. The first-order chi connectivity index (χ1) is 14.4. The molecule has 2 aromatic heterocycles. The standard InChI is InChI=1S/C22H26N6O2/c1-13-11-15(12-16-19(13)22(2,3)20(29)25-16)24-21-26-18-6-4-5-17(28(18)27-21)23-14-7-9-30-10-8-14/h4-6,11-12,14,23H,7-10H2,1-3H3,(H,24,27)(H,25,29). The number of anilines is 4. The van der Waals surface area contributed by atoms with Gasteiger partial charge in [0, 0.05) is 30.6 Å². The van der Waals surface area contributed by atoms with Gasteiger partial charge in [0.05, 0.1) is 5.41 Å². The van der Waals surface area contributed by atoms with Crippen LogP contribution in [0.2, 0.25) is 0 Å². The molecule has 1 fully saturated rings. The van der Waals surface area contributed by atoms with Crippen LogP contribution in [-0.2, 0) is 14.9 Å². The Hall–Kier alpha value is -3.13. The molecule has 0 atom stereocenters. The molecule has 2 aliphatic heterocycles. The highest BCUT2D eigenvalue weighted by Gasteiger charge is 2.39. The molecule has 0 radical (unpaired) electrons. The van der Waals surface area contributed by atoms with E-state index in [9.17, 15) is 4.79 Å². The van der Waals surface area contributed by atoms with Crippen LogP contribution in [0.4, 0.5) is 23.1 Å². The lowest BCUT2D eigenvalue weighted by Gasteiger charge is -2.24. The molecule has 0 unspecified atom stereocenters. The molecule has 3 aromatic rings. The summed E-state index contributed by atoms with van der Waals surface area (Å²) in [7, 11) is 0. The van der Waals surface area contributed by atoms with Gasteiger partial charge in [-0.15, -0.1) is 5.10 Å². The summed E-state index contributed by atoms with van der Waals surface area (Å²) in [5.74, 6) is 1.45. The molecule has 8 nitrogen and oxygen atoms in total. The van der Waals surface area contributed by atoms with Crippen molar-refractivity contribution in [2.24, 2.45) is 0 Å². The zero-order chi connectivity index (χ0) is 20.9. The van der Waals surface area contributed by atoms with E-state index in [2.05, 4.69) is 26.0 Å². The molecule has 5 rings (SSSR count). The molecule has 30 heavy (non-hydrogen) atoms. The predicted molar refractivity (Wildman–Crippen MR) is 117 cm³/mol. The monoisotopic (exact) mass is 406 g/mol. The minimum absolute atomic E-state index is 0.0208. The Morgan fingerprint density at radius 2 is 2.03 bits per heavy atom. The zero-order valence-electron chi connectivity index (χ0n) is 17.5.